The van der Waals surface area contributed by atoms with Crippen LogP contribution in [-0.2, 0) is 6.42 Å². The van der Waals surface area contributed by atoms with Crippen LogP contribution in [0.5, 0.6) is 0 Å². The topological polar surface area (TPSA) is 0 Å². The van der Waals surface area contributed by atoms with Gasteiger partial charge in [-0.3, -0.25) is 0 Å². The SMILES string of the molecule is C=CCc1c(C)c(C)cc2ccccc12. The molecule has 0 saturated carbocycles. The molecule has 0 fully saturated rings. The van der Waals surface area contributed by atoms with Crippen LogP contribution >= 0.6 is 0 Å². The summed E-state index contributed by atoms with van der Waals surface area (Å²) in [6.45, 7) is 8.20. The standard InChI is InChI=1S/C15H16/c1-4-7-14-12(3)11(2)10-13-8-5-6-9-15(13)14/h4-6,8-10H,1,7H2,2-3H3. The highest BCUT2D eigenvalue weighted by Crippen LogP contribution is 2.25. The van der Waals surface area contributed by atoms with Crippen molar-refractivity contribution in [2.24, 2.45) is 0 Å². The average molecular weight is 196 g/mol. The van der Waals surface area contributed by atoms with Crippen LogP contribution in [0.1, 0.15) is 16.7 Å². The molecule has 0 aliphatic heterocycles. The predicted octanol–water partition coefficient (Wildman–Crippen LogP) is 4.19. The van der Waals surface area contributed by atoms with Gasteiger partial charge in [-0.15, -0.1) is 6.58 Å². The van der Waals surface area contributed by atoms with Crippen LogP contribution in [0.15, 0.2) is 43.0 Å². The molecule has 0 aliphatic rings. The first-order valence-corrected chi connectivity index (χ1v) is 5.32. The molecule has 76 valence electrons. The van der Waals surface area contributed by atoms with Crippen molar-refractivity contribution in [1.82, 2.24) is 0 Å². The highest BCUT2D eigenvalue weighted by molar-refractivity contribution is 5.87. The Morgan fingerprint density at radius 1 is 1.20 bits per heavy atom. The van der Waals surface area contributed by atoms with Crippen molar-refractivity contribution < 1.29 is 0 Å². The Bertz CT molecular complexity index is 507. The highest BCUT2D eigenvalue weighted by atomic mass is 14.1. The van der Waals surface area contributed by atoms with Gasteiger partial charge in [0.2, 0.25) is 0 Å². The van der Waals surface area contributed by atoms with Crippen LogP contribution in [0.3, 0.4) is 0 Å². The van der Waals surface area contributed by atoms with Crippen molar-refractivity contribution in [2.75, 3.05) is 0 Å². The van der Waals surface area contributed by atoms with E-state index in [-0.39, 0.29) is 0 Å². The molecular weight excluding hydrogens is 180 g/mol. The van der Waals surface area contributed by atoms with Gasteiger partial charge in [-0.25, -0.2) is 0 Å². The first-order valence-electron chi connectivity index (χ1n) is 5.32. The largest absolute Gasteiger partial charge is 0.103 e. The molecule has 2 aromatic rings. The fourth-order valence-corrected chi connectivity index (χ4v) is 2.09. The molecule has 0 heterocycles. The lowest BCUT2D eigenvalue weighted by atomic mass is 9.94. The summed E-state index contributed by atoms with van der Waals surface area (Å²) >= 11 is 0. The lowest BCUT2D eigenvalue weighted by molar-refractivity contribution is 1.21. The number of allylic oxidation sites excluding steroid dienone is 1. The number of rotatable bonds is 2. The zero-order valence-corrected chi connectivity index (χ0v) is 9.38. The van der Waals surface area contributed by atoms with Gasteiger partial charge in [0, 0.05) is 0 Å². The number of benzene rings is 2. The van der Waals surface area contributed by atoms with Crippen LogP contribution in [-0.4, -0.2) is 0 Å². The zero-order valence-electron chi connectivity index (χ0n) is 9.38. The molecule has 0 saturated heterocycles. The molecule has 2 rings (SSSR count). The Balaban J connectivity index is 2.82. The van der Waals surface area contributed by atoms with Crippen molar-refractivity contribution in [2.45, 2.75) is 20.3 Å². The number of hydrogen-bond donors (Lipinski definition) is 0. The third kappa shape index (κ3) is 1.68. The normalized spacial score (nSPS) is 10.5. The molecule has 0 aliphatic carbocycles. The number of aryl methyl sites for hydroxylation is 1. The Kier molecular flexibility index (Phi) is 2.59. The van der Waals surface area contributed by atoms with Crippen molar-refractivity contribution in [3.05, 3.63) is 59.7 Å². The summed E-state index contributed by atoms with van der Waals surface area (Å²) in [5, 5.41) is 2.69. The van der Waals surface area contributed by atoms with E-state index in [0.29, 0.717) is 0 Å². The van der Waals surface area contributed by atoms with Crippen molar-refractivity contribution >= 4 is 10.8 Å². The molecule has 0 unspecified atom stereocenters. The van der Waals surface area contributed by atoms with E-state index in [1.807, 2.05) is 6.08 Å². The monoisotopic (exact) mass is 196 g/mol. The Morgan fingerprint density at radius 2 is 1.93 bits per heavy atom. The molecule has 0 amide bonds. The van der Waals surface area contributed by atoms with Gasteiger partial charge in [-0.1, -0.05) is 36.4 Å². The Hall–Kier alpha value is -1.56. The van der Waals surface area contributed by atoms with E-state index in [1.165, 1.54) is 27.5 Å². The maximum atomic E-state index is 3.83. The lowest BCUT2D eigenvalue weighted by Gasteiger charge is -2.11. The van der Waals surface area contributed by atoms with Crippen LogP contribution in [0.2, 0.25) is 0 Å². The van der Waals surface area contributed by atoms with Crippen LogP contribution in [0, 0.1) is 13.8 Å². The molecule has 0 bridgehead atoms. The molecule has 0 atom stereocenters. The maximum absolute atomic E-state index is 3.83. The molecule has 0 nitrogen and oxygen atoms in total. The van der Waals surface area contributed by atoms with Gasteiger partial charge in [0.05, 0.1) is 0 Å². The molecule has 15 heavy (non-hydrogen) atoms. The minimum absolute atomic E-state index is 0.952. The maximum Gasteiger partial charge on any atom is -0.00912 e. The quantitative estimate of drug-likeness (QED) is 0.632. The molecule has 0 spiro atoms. The van der Waals surface area contributed by atoms with Crippen molar-refractivity contribution in [1.29, 1.82) is 0 Å². The van der Waals surface area contributed by atoms with E-state index in [4.69, 9.17) is 0 Å². The van der Waals surface area contributed by atoms with E-state index >= 15 is 0 Å². The zero-order chi connectivity index (χ0) is 10.8. The summed E-state index contributed by atoms with van der Waals surface area (Å²) < 4.78 is 0. The van der Waals surface area contributed by atoms with Gasteiger partial charge in [0.15, 0.2) is 0 Å². The second-order valence-corrected chi connectivity index (χ2v) is 4.01. The van der Waals surface area contributed by atoms with Gasteiger partial charge >= 0.3 is 0 Å². The molecular formula is C15H16. The minimum Gasteiger partial charge on any atom is -0.103 e. The van der Waals surface area contributed by atoms with E-state index in [9.17, 15) is 0 Å². The second kappa shape index (κ2) is 3.90. The van der Waals surface area contributed by atoms with Crippen LogP contribution in [0.25, 0.3) is 10.8 Å². The fourth-order valence-electron chi connectivity index (χ4n) is 2.09. The summed E-state index contributed by atoms with van der Waals surface area (Å²) in [4.78, 5) is 0. The minimum atomic E-state index is 0.952. The molecule has 0 N–H and O–H groups in total. The van der Waals surface area contributed by atoms with E-state index in [1.54, 1.807) is 0 Å². The summed E-state index contributed by atoms with van der Waals surface area (Å²) in [6, 6.07) is 10.8. The summed E-state index contributed by atoms with van der Waals surface area (Å²) in [5.41, 5.74) is 4.18. The molecule has 0 heteroatoms. The highest BCUT2D eigenvalue weighted by Gasteiger charge is 2.05. The number of hydrogen-bond acceptors (Lipinski definition) is 0. The summed E-state index contributed by atoms with van der Waals surface area (Å²) in [7, 11) is 0. The molecule has 2 aromatic carbocycles. The lowest BCUT2D eigenvalue weighted by Crippen LogP contribution is -1.93. The Labute approximate surface area is 91.2 Å². The van der Waals surface area contributed by atoms with Gasteiger partial charge < -0.3 is 0 Å². The van der Waals surface area contributed by atoms with E-state index in [2.05, 4.69) is 50.8 Å². The fraction of sp³-hybridized carbons (Fsp3) is 0.200. The van der Waals surface area contributed by atoms with Crippen molar-refractivity contribution in [3.8, 4) is 0 Å². The summed E-state index contributed by atoms with van der Waals surface area (Å²) in [6.07, 6.45) is 2.93. The smallest absolute Gasteiger partial charge is 0.00912 e. The summed E-state index contributed by atoms with van der Waals surface area (Å²) in [5.74, 6) is 0. The second-order valence-electron chi connectivity index (χ2n) is 4.01. The van der Waals surface area contributed by atoms with E-state index < -0.39 is 0 Å². The van der Waals surface area contributed by atoms with Crippen molar-refractivity contribution in [3.63, 3.8) is 0 Å². The van der Waals surface area contributed by atoms with Gasteiger partial charge in [0.1, 0.15) is 0 Å². The third-order valence-electron chi connectivity index (χ3n) is 3.05. The molecule has 0 aromatic heterocycles. The van der Waals surface area contributed by atoms with Gasteiger partial charge in [-0.2, -0.15) is 0 Å². The first-order chi connectivity index (χ1) is 7.24. The van der Waals surface area contributed by atoms with Gasteiger partial charge in [-0.05, 0) is 47.7 Å². The average Bonchev–Trinajstić information content (AvgIpc) is 2.25. The van der Waals surface area contributed by atoms with Crippen LogP contribution in [0.4, 0.5) is 0 Å². The third-order valence-corrected chi connectivity index (χ3v) is 3.05. The molecule has 0 radical (unpaired) electrons. The van der Waals surface area contributed by atoms with Crippen LogP contribution < -0.4 is 0 Å². The first kappa shape index (κ1) is 9.97. The number of fused-ring (bicyclic) bond motifs is 1. The predicted molar refractivity (Wildman–Crippen MR) is 67.3 cm³/mol. The van der Waals surface area contributed by atoms with Gasteiger partial charge in [0.25, 0.3) is 0 Å². The Morgan fingerprint density at radius 3 is 2.67 bits per heavy atom. The van der Waals surface area contributed by atoms with E-state index in [0.717, 1.165) is 6.42 Å².